The Balaban J connectivity index is 2.62. The van der Waals surface area contributed by atoms with E-state index in [1.165, 1.54) is 18.4 Å². The summed E-state index contributed by atoms with van der Waals surface area (Å²) in [6.45, 7) is 3.96. The highest BCUT2D eigenvalue weighted by molar-refractivity contribution is 9.10. The van der Waals surface area contributed by atoms with Crippen molar-refractivity contribution in [1.82, 2.24) is 4.72 Å². The normalized spacial score (nSPS) is 11.2. The largest absolute Gasteiger partial charge is 0.502 e. The Kier molecular flexibility index (Phi) is 5.77. The first-order chi connectivity index (χ1) is 8.47. The molecule has 0 spiro atoms. The van der Waals surface area contributed by atoms with Crippen molar-refractivity contribution in [2.45, 2.75) is 11.3 Å². The van der Waals surface area contributed by atoms with Gasteiger partial charge in [-0.05, 0) is 40.5 Å². The van der Waals surface area contributed by atoms with Crippen LogP contribution in [0.15, 0.2) is 40.4 Å². The molecule has 0 atom stereocenters. The molecule has 0 saturated carbocycles. The molecular formula is C11H13BrFNO3S. The van der Waals surface area contributed by atoms with Crippen molar-refractivity contribution in [3.8, 4) is 0 Å². The fraction of sp³-hybridized carbons (Fsp3) is 0.273. The standard InChI is InChI=1S/C11H13BrFNO3S/c1-2-17-7-3-6-14-18(15,16)9-4-5-10(12)11(13)8-9/h2,4-5,8,14H,1,3,6-7H2. The van der Waals surface area contributed by atoms with Gasteiger partial charge in [0.15, 0.2) is 0 Å². The predicted octanol–water partition coefficient (Wildman–Crippen LogP) is 2.42. The van der Waals surface area contributed by atoms with Crippen LogP contribution in [-0.4, -0.2) is 21.6 Å². The van der Waals surface area contributed by atoms with E-state index in [9.17, 15) is 12.8 Å². The number of ether oxygens (including phenoxy) is 1. The number of hydrogen-bond donors (Lipinski definition) is 1. The maximum atomic E-state index is 13.2. The van der Waals surface area contributed by atoms with Crippen LogP contribution in [0.3, 0.4) is 0 Å². The predicted molar refractivity (Wildman–Crippen MR) is 70.1 cm³/mol. The molecule has 0 fully saturated rings. The van der Waals surface area contributed by atoms with Crippen molar-refractivity contribution in [1.29, 1.82) is 0 Å². The van der Waals surface area contributed by atoms with Gasteiger partial charge in [0.05, 0.1) is 22.2 Å². The second-order valence-corrected chi connectivity index (χ2v) is 5.99. The van der Waals surface area contributed by atoms with Gasteiger partial charge in [0.1, 0.15) is 5.82 Å². The number of benzene rings is 1. The quantitative estimate of drug-likeness (QED) is 0.614. The monoisotopic (exact) mass is 337 g/mol. The molecule has 1 N–H and O–H groups in total. The maximum Gasteiger partial charge on any atom is 0.240 e. The summed E-state index contributed by atoms with van der Waals surface area (Å²) < 4.78 is 44.2. The van der Waals surface area contributed by atoms with Gasteiger partial charge in [0.2, 0.25) is 10.0 Å². The molecule has 1 aromatic rings. The van der Waals surface area contributed by atoms with E-state index < -0.39 is 15.8 Å². The van der Waals surface area contributed by atoms with Crippen LogP contribution in [-0.2, 0) is 14.8 Å². The summed E-state index contributed by atoms with van der Waals surface area (Å²) in [5.41, 5.74) is 0. The van der Waals surface area contributed by atoms with Gasteiger partial charge in [-0.15, -0.1) is 0 Å². The SMILES string of the molecule is C=COCCCNS(=O)(=O)c1ccc(Br)c(F)c1. The lowest BCUT2D eigenvalue weighted by molar-refractivity contribution is 0.247. The first kappa shape index (κ1) is 15.1. The van der Waals surface area contributed by atoms with Crippen molar-refractivity contribution in [3.05, 3.63) is 41.3 Å². The molecule has 0 bridgehead atoms. The van der Waals surface area contributed by atoms with Crippen molar-refractivity contribution >= 4 is 26.0 Å². The van der Waals surface area contributed by atoms with Crippen LogP contribution in [0, 0.1) is 5.82 Å². The topological polar surface area (TPSA) is 55.4 Å². The van der Waals surface area contributed by atoms with Crippen LogP contribution in [0.1, 0.15) is 6.42 Å². The van der Waals surface area contributed by atoms with Gasteiger partial charge in [-0.3, -0.25) is 0 Å². The summed E-state index contributed by atoms with van der Waals surface area (Å²) in [6.07, 6.45) is 1.79. The number of halogens is 2. The van der Waals surface area contributed by atoms with Gasteiger partial charge in [-0.1, -0.05) is 6.58 Å². The Morgan fingerprint density at radius 1 is 1.50 bits per heavy atom. The van der Waals surface area contributed by atoms with Crippen molar-refractivity contribution in [2.24, 2.45) is 0 Å². The third-order valence-corrected chi connectivity index (χ3v) is 4.15. The van der Waals surface area contributed by atoms with Gasteiger partial charge >= 0.3 is 0 Å². The first-order valence-corrected chi connectivity index (χ1v) is 7.42. The highest BCUT2D eigenvalue weighted by Gasteiger charge is 2.14. The minimum Gasteiger partial charge on any atom is -0.502 e. The molecule has 0 aliphatic carbocycles. The van der Waals surface area contributed by atoms with Gasteiger partial charge in [-0.2, -0.15) is 0 Å². The number of sulfonamides is 1. The third-order valence-electron chi connectivity index (χ3n) is 2.05. The van der Waals surface area contributed by atoms with E-state index in [1.54, 1.807) is 0 Å². The molecule has 0 saturated heterocycles. The summed E-state index contributed by atoms with van der Waals surface area (Å²) in [5.74, 6) is -0.618. The smallest absolute Gasteiger partial charge is 0.240 e. The van der Waals surface area contributed by atoms with Gasteiger partial charge in [0.25, 0.3) is 0 Å². The third kappa shape index (κ3) is 4.40. The summed E-state index contributed by atoms with van der Waals surface area (Å²) in [5, 5.41) is 0. The van der Waals surface area contributed by atoms with E-state index in [0.29, 0.717) is 13.0 Å². The molecule has 0 aliphatic rings. The molecule has 1 aromatic carbocycles. The number of rotatable bonds is 7. The molecule has 0 radical (unpaired) electrons. The van der Waals surface area contributed by atoms with Gasteiger partial charge < -0.3 is 4.74 Å². The van der Waals surface area contributed by atoms with E-state index in [-0.39, 0.29) is 15.9 Å². The molecule has 0 unspecified atom stereocenters. The van der Waals surface area contributed by atoms with E-state index in [0.717, 1.165) is 6.07 Å². The van der Waals surface area contributed by atoms with E-state index in [1.807, 2.05) is 0 Å². The van der Waals surface area contributed by atoms with Crippen LogP contribution in [0.2, 0.25) is 0 Å². The highest BCUT2D eigenvalue weighted by Crippen LogP contribution is 2.19. The lowest BCUT2D eigenvalue weighted by Crippen LogP contribution is -2.25. The van der Waals surface area contributed by atoms with Crippen LogP contribution >= 0.6 is 15.9 Å². The van der Waals surface area contributed by atoms with Crippen LogP contribution in [0.4, 0.5) is 4.39 Å². The number of hydrogen-bond acceptors (Lipinski definition) is 3. The zero-order valence-corrected chi connectivity index (χ0v) is 11.9. The fourth-order valence-corrected chi connectivity index (χ4v) is 2.50. The van der Waals surface area contributed by atoms with E-state index in [4.69, 9.17) is 4.74 Å². The molecule has 7 heteroatoms. The Hall–Kier alpha value is -0.920. The second-order valence-electron chi connectivity index (χ2n) is 3.36. The molecule has 0 aromatic heterocycles. The lowest BCUT2D eigenvalue weighted by atomic mass is 10.3. The molecule has 0 amide bonds. The summed E-state index contributed by atoms with van der Waals surface area (Å²) in [6, 6.07) is 3.65. The Labute approximate surface area is 114 Å². The Morgan fingerprint density at radius 2 is 2.22 bits per heavy atom. The molecule has 0 aliphatic heterocycles. The summed E-state index contributed by atoms with van der Waals surface area (Å²) in [4.78, 5) is -0.104. The van der Waals surface area contributed by atoms with Crippen molar-refractivity contribution < 1.29 is 17.5 Å². The molecule has 18 heavy (non-hydrogen) atoms. The van der Waals surface area contributed by atoms with Gasteiger partial charge in [0, 0.05) is 6.54 Å². The molecule has 0 heterocycles. The molecule has 100 valence electrons. The van der Waals surface area contributed by atoms with Crippen molar-refractivity contribution in [3.63, 3.8) is 0 Å². The Bertz CT molecular complexity index is 519. The maximum absolute atomic E-state index is 13.2. The van der Waals surface area contributed by atoms with Crippen LogP contribution in [0.25, 0.3) is 0 Å². The minimum atomic E-state index is -3.68. The highest BCUT2D eigenvalue weighted by atomic mass is 79.9. The fourth-order valence-electron chi connectivity index (χ4n) is 1.17. The average Bonchev–Trinajstić information content (AvgIpc) is 2.32. The Morgan fingerprint density at radius 3 is 2.83 bits per heavy atom. The zero-order chi connectivity index (χ0) is 13.6. The zero-order valence-electron chi connectivity index (χ0n) is 9.53. The summed E-state index contributed by atoms with van der Waals surface area (Å²) >= 11 is 2.96. The first-order valence-electron chi connectivity index (χ1n) is 5.14. The average molecular weight is 338 g/mol. The molecular weight excluding hydrogens is 325 g/mol. The molecule has 1 rings (SSSR count). The van der Waals surface area contributed by atoms with Gasteiger partial charge in [-0.25, -0.2) is 17.5 Å². The second kappa shape index (κ2) is 6.86. The van der Waals surface area contributed by atoms with E-state index in [2.05, 4.69) is 27.2 Å². The van der Waals surface area contributed by atoms with Crippen LogP contribution in [0.5, 0.6) is 0 Å². The minimum absolute atomic E-state index is 0.104. The summed E-state index contributed by atoms with van der Waals surface area (Å²) in [7, 11) is -3.68. The van der Waals surface area contributed by atoms with Crippen LogP contribution < -0.4 is 4.72 Å². The molecule has 4 nitrogen and oxygen atoms in total. The van der Waals surface area contributed by atoms with E-state index >= 15 is 0 Å². The number of nitrogens with one attached hydrogen (secondary N) is 1. The lowest BCUT2D eigenvalue weighted by Gasteiger charge is -2.07. The van der Waals surface area contributed by atoms with Crippen molar-refractivity contribution in [2.75, 3.05) is 13.2 Å².